The molecule has 0 aromatic heterocycles. The van der Waals surface area contributed by atoms with Gasteiger partial charge in [0.05, 0.1) is 32.1 Å². The molecule has 3 rings (SSSR count). The van der Waals surface area contributed by atoms with Gasteiger partial charge in [-0.2, -0.15) is 0 Å². The Balaban J connectivity index is 1.67. The lowest BCUT2D eigenvalue weighted by Gasteiger charge is -2.42. The topological polar surface area (TPSA) is 115 Å². The van der Waals surface area contributed by atoms with Crippen molar-refractivity contribution in [2.45, 2.75) is 37.8 Å². The summed E-state index contributed by atoms with van der Waals surface area (Å²) >= 11 is 0. The predicted octanol–water partition coefficient (Wildman–Crippen LogP) is 2.31. The third kappa shape index (κ3) is 6.94. The van der Waals surface area contributed by atoms with E-state index in [1.54, 1.807) is 0 Å². The fourth-order valence-electron chi connectivity index (χ4n) is 3.44. The van der Waals surface area contributed by atoms with Crippen molar-refractivity contribution < 1.29 is 38.4 Å². The minimum absolute atomic E-state index is 0.0199. The largest absolute Gasteiger partial charge is 0.390 e. The van der Waals surface area contributed by atoms with Crippen LogP contribution in [0, 0.1) is 5.92 Å². The van der Waals surface area contributed by atoms with Crippen LogP contribution in [0.3, 0.4) is 0 Å². The molecule has 1 saturated heterocycles. The summed E-state index contributed by atoms with van der Waals surface area (Å²) in [6, 6.07) is 18.9. The van der Waals surface area contributed by atoms with Gasteiger partial charge >= 0.3 is 7.60 Å². The Kier molecular flexibility index (Phi) is 8.77. The highest BCUT2D eigenvalue weighted by Crippen LogP contribution is 2.46. The standard InChI is InChI=1S/C22H29O8P/c1-27-31(25,26)15-18-20(23)21(24)19(14-28-12-16-8-4-2-5-9-16)30-22(18)29-13-17-10-6-3-7-11-17/h2-11,18-24H,12-15H2,1H3,(H,25,26)/t18-,19-,20-,21-,22-/m1/s1. The third-order valence-electron chi connectivity index (χ3n) is 5.21. The average Bonchev–Trinajstić information content (AvgIpc) is 2.79. The molecule has 0 amide bonds. The minimum Gasteiger partial charge on any atom is -0.390 e. The number of ether oxygens (including phenoxy) is 3. The van der Waals surface area contributed by atoms with E-state index >= 15 is 0 Å². The van der Waals surface area contributed by atoms with E-state index in [1.807, 2.05) is 60.7 Å². The zero-order valence-corrected chi connectivity index (χ0v) is 18.2. The maximum atomic E-state index is 12.1. The van der Waals surface area contributed by atoms with Crippen LogP contribution in [0.4, 0.5) is 0 Å². The Morgan fingerprint density at radius 1 is 0.935 bits per heavy atom. The lowest BCUT2D eigenvalue weighted by atomic mass is 9.92. The molecule has 2 aromatic carbocycles. The summed E-state index contributed by atoms with van der Waals surface area (Å²) in [5, 5.41) is 21.3. The van der Waals surface area contributed by atoms with Crippen molar-refractivity contribution in [2.75, 3.05) is 19.9 Å². The lowest BCUT2D eigenvalue weighted by molar-refractivity contribution is -0.287. The molecular weight excluding hydrogens is 423 g/mol. The molecule has 31 heavy (non-hydrogen) atoms. The molecule has 2 aromatic rings. The SMILES string of the molecule is COP(=O)(O)C[C@H]1[C@H](OCc2ccccc2)O[C@H](COCc2ccccc2)[C@@H](O)[C@@H]1O. The predicted molar refractivity (Wildman–Crippen MR) is 113 cm³/mol. The van der Waals surface area contributed by atoms with Crippen molar-refractivity contribution in [2.24, 2.45) is 5.92 Å². The van der Waals surface area contributed by atoms with Gasteiger partial charge in [-0.25, -0.2) is 0 Å². The van der Waals surface area contributed by atoms with Crippen LogP contribution in [0.25, 0.3) is 0 Å². The lowest BCUT2D eigenvalue weighted by Crippen LogP contribution is -2.57. The van der Waals surface area contributed by atoms with E-state index in [0.29, 0.717) is 6.61 Å². The second kappa shape index (κ2) is 11.3. The first-order valence-electron chi connectivity index (χ1n) is 10.1. The molecule has 0 radical (unpaired) electrons. The first kappa shape index (κ1) is 24.0. The number of hydrogen-bond donors (Lipinski definition) is 3. The third-order valence-corrected chi connectivity index (χ3v) is 6.66. The van der Waals surface area contributed by atoms with Gasteiger partial charge in [-0.05, 0) is 11.1 Å². The number of aliphatic hydroxyl groups excluding tert-OH is 2. The maximum absolute atomic E-state index is 12.1. The monoisotopic (exact) mass is 452 g/mol. The summed E-state index contributed by atoms with van der Waals surface area (Å²) in [7, 11) is -2.86. The maximum Gasteiger partial charge on any atom is 0.328 e. The van der Waals surface area contributed by atoms with Crippen molar-refractivity contribution in [3.63, 3.8) is 0 Å². The molecule has 3 N–H and O–H groups in total. The van der Waals surface area contributed by atoms with Crippen molar-refractivity contribution in [3.05, 3.63) is 71.8 Å². The van der Waals surface area contributed by atoms with Crippen molar-refractivity contribution in [3.8, 4) is 0 Å². The molecule has 1 heterocycles. The highest BCUT2D eigenvalue weighted by Gasteiger charge is 2.47. The Morgan fingerprint density at radius 3 is 2.10 bits per heavy atom. The molecule has 1 aliphatic rings. The van der Waals surface area contributed by atoms with Gasteiger partial charge < -0.3 is 33.8 Å². The van der Waals surface area contributed by atoms with E-state index in [1.165, 1.54) is 0 Å². The van der Waals surface area contributed by atoms with Crippen LogP contribution < -0.4 is 0 Å². The van der Waals surface area contributed by atoms with Crippen LogP contribution in [0.1, 0.15) is 11.1 Å². The van der Waals surface area contributed by atoms with Crippen molar-refractivity contribution in [1.82, 2.24) is 0 Å². The van der Waals surface area contributed by atoms with Crippen molar-refractivity contribution in [1.29, 1.82) is 0 Å². The molecule has 1 unspecified atom stereocenters. The summed E-state index contributed by atoms with van der Waals surface area (Å²) < 4.78 is 34.2. The minimum atomic E-state index is -3.98. The highest BCUT2D eigenvalue weighted by molar-refractivity contribution is 7.52. The van der Waals surface area contributed by atoms with Crippen LogP contribution in [0.15, 0.2) is 60.7 Å². The van der Waals surface area contributed by atoms with Gasteiger partial charge in [-0.15, -0.1) is 0 Å². The fourth-order valence-corrected chi connectivity index (χ4v) is 4.51. The van der Waals surface area contributed by atoms with Crippen molar-refractivity contribution >= 4 is 7.60 Å². The summed E-state index contributed by atoms with van der Waals surface area (Å²) in [6.07, 6.45) is -4.97. The summed E-state index contributed by atoms with van der Waals surface area (Å²) in [6.45, 7) is 0.509. The van der Waals surface area contributed by atoms with E-state index in [9.17, 15) is 19.7 Å². The summed E-state index contributed by atoms with van der Waals surface area (Å²) in [5.74, 6) is -0.958. The molecule has 0 bridgehead atoms. The first-order valence-corrected chi connectivity index (χ1v) is 11.8. The van der Waals surface area contributed by atoms with E-state index in [2.05, 4.69) is 4.52 Å². The Bertz CT molecular complexity index is 834. The van der Waals surface area contributed by atoms with Gasteiger partial charge in [-0.3, -0.25) is 4.57 Å². The quantitative estimate of drug-likeness (QED) is 0.471. The summed E-state index contributed by atoms with van der Waals surface area (Å²) in [5.41, 5.74) is 1.84. The van der Waals surface area contributed by atoms with E-state index < -0.39 is 44.3 Å². The van der Waals surface area contributed by atoms with Crippen LogP contribution in [-0.2, 0) is 36.5 Å². The van der Waals surface area contributed by atoms with Gasteiger partial charge in [0.2, 0.25) is 0 Å². The van der Waals surface area contributed by atoms with E-state index in [0.717, 1.165) is 18.2 Å². The van der Waals surface area contributed by atoms with Crippen LogP contribution >= 0.6 is 7.60 Å². The van der Waals surface area contributed by atoms with Crippen LogP contribution in [-0.4, -0.2) is 59.6 Å². The number of aliphatic hydroxyl groups is 2. The zero-order chi connectivity index (χ0) is 22.3. The summed E-state index contributed by atoms with van der Waals surface area (Å²) in [4.78, 5) is 9.92. The second-order valence-electron chi connectivity index (χ2n) is 7.49. The van der Waals surface area contributed by atoms with Crippen LogP contribution in [0.5, 0.6) is 0 Å². The molecule has 8 nitrogen and oxygen atoms in total. The molecule has 170 valence electrons. The molecule has 0 aliphatic carbocycles. The number of hydrogen-bond acceptors (Lipinski definition) is 7. The molecule has 0 spiro atoms. The van der Waals surface area contributed by atoms with Gasteiger partial charge in [-0.1, -0.05) is 60.7 Å². The molecule has 6 atom stereocenters. The Morgan fingerprint density at radius 2 is 1.52 bits per heavy atom. The Labute approximate surface area is 181 Å². The number of benzene rings is 2. The number of rotatable bonds is 10. The first-order chi connectivity index (χ1) is 14.9. The van der Waals surface area contributed by atoms with Gasteiger partial charge in [0.1, 0.15) is 12.2 Å². The molecule has 9 heteroatoms. The molecule has 1 aliphatic heterocycles. The smallest absolute Gasteiger partial charge is 0.328 e. The van der Waals surface area contributed by atoms with Gasteiger partial charge in [0.15, 0.2) is 6.29 Å². The van der Waals surface area contributed by atoms with Gasteiger partial charge in [0.25, 0.3) is 0 Å². The van der Waals surface area contributed by atoms with Gasteiger partial charge in [0, 0.05) is 13.0 Å². The molecular formula is C22H29O8P. The average molecular weight is 452 g/mol. The normalized spacial score (nSPS) is 28.2. The zero-order valence-electron chi connectivity index (χ0n) is 17.3. The van der Waals surface area contributed by atoms with E-state index in [4.69, 9.17) is 14.2 Å². The van der Waals surface area contributed by atoms with E-state index in [-0.39, 0.29) is 13.2 Å². The Hall–Kier alpha value is -1.61. The molecule has 0 saturated carbocycles. The van der Waals surface area contributed by atoms with Crippen LogP contribution in [0.2, 0.25) is 0 Å². The highest BCUT2D eigenvalue weighted by atomic mass is 31.2. The second-order valence-corrected chi connectivity index (χ2v) is 9.49. The fraction of sp³-hybridized carbons (Fsp3) is 0.455. The molecule has 1 fully saturated rings.